The van der Waals surface area contributed by atoms with Crippen molar-refractivity contribution in [2.24, 2.45) is 5.92 Å². The third kappa shape index (κ3) is 5.39. The van der Waals surface area contributed by atoms with E-state index in [0.29, 0.717) is 5.78 Å². The van der Waals surface area contributed by atoms with Gasteiger partial charge in [-0.2, -0.15) is 0 Å². The van der Waals surface area contributed by atoms with E-state index in [9.17, 15) is 15.0 Å². The van der Waals surface area contributed by atoms with Gasteiger partial charge in [-0.1, -0.05) is 17.7 Å². The number of carbonyl (C=O) groups excluding carboxylic acids is 1. The standard InChI is InChI=1S/C19H27NO3/c1-14(3-4-16-5-6-18(22)19(23)13-16)7-10-20-11-8-17(9-12-20)15(2)21/h5-7,13,17,22-23H,3-4,8-12H2,1-2H3/b14-7+. The summed E-state index contributed by atoms with van der Waals surface area (Å²) < 4.78 is 0. The molecule has 0 unspecified atom stereocenters. The normalized spacial score (nSPS) is 17.4. The molecule has 1 saturated heterocycles. The van der Waals surface area contributed by atoms with Gasteiger partial charge in [0, 0.05) is 12.5 Å². The Morgan fingerprint density at radius 2 is 1.91 bits per heavy atom. The van der Waals surface area contributed by atoms with Crippen molar-refractivity contribution in [2.75, 3.05) is 19.6 Å². The van der Waals surface area contributed by atoms with Crippen LogP contribution in [0.1, 0.15) is 38.7 Å². The van der Waals surface area contributed by atoms with Crippen LogP contribution >= 0.6 is 0 Å². The number of aromatic hydroxyl groups is 2. The second-order valence-electron chi connectivity index (χ2n) is 6.56. The minimum Gasteiger partial charge on any atom is -0.504 e. The number of carbonyl (C=O) groups is 1. The lowest BCUT2D eigenvalue weighted by molar-refractivity contribution is -0.122. The molecule has 0 aliphatic carbocycles. The average molecular weight is 317 g/mol. The van der Waals surface area contributed by atoms with Crippen molar-refractivity contribution in [2.45, 2.75) is 39.5 Å². The molecule has 126 valence electrons. The molecule has 0 bridgehead atoms. The predicted octanol–water partition coefficient (Wildman–Crippen LogP) is 3.28. The van der Waals surface area contributed by atoms with E-state index in [2.05, 4.69) is 17.9 Å². The Balaban J connectivity index is 1.75. The van der Waals surface area contributed by atoms with Crippen molar-refractivity contribution in [3.05, 3.63) is 35.4 Å². The maximum atomic E-state index is 11.4. The van der Waals surface area contributed by atoms with Crippen molar-refractivity contribution < 1.29 is 15.0 Å². The third-order valence-electron chi connectivity index (χ3n) is 4.71. The summed E-state index contributed by atoms with van der Waals surface area (Å²) in [6.07, 6.45) is 6.01. The van der Waals surface area contributed by atoms with Gasteiger partial charge >= 0.3 is 0 Å². The van der Waals surface area contributed by atoms with Gasteiger partial charge in [0.2, 0.25) is 0 Å². The first kappa shape index (κ1) is 17.5. The molecule has 0 spiro atoms. The van der Waals surface area contributed by atoms with Gasteiger partial charge in [-0.3, -0.25) is 9.69 Å². The molecule has 1 fully saturated rings. The van der Waals surface area contributed by atoms with Crippen LogP contribution in [0, 0.1) is 5.92 Å². The number of benzene rings is 1. The molecule has 1 aromatic rings. The summed E-state index contributed by atoms with van der Waals surface area (Å²) in [5, 5.41) is 18.8. The zero-order valence-corrected chi connectivity index (χ0v) is 14.1. The highest BCUT2D eigenvalue weighted by molar-refractivity contribution is 5.78. The highest BCUT2D eigenvalue weighted by Crippen LogP contribution is 2.26. The maximum Gasteiger partial charge on any atom is 0.157 e. The molecule has 2 N–H and O–H groups in total. The molecule has 1 aliphatic heterocycles. The number of nitrogens with zero attached hydrogens (tertiary/aromatic N) is 1. The van der Waals surface area contributed by atoms with Crippen LogP contribution in [-0.4, -0.2) is 40.5 Å². The summed E-state index contributed by atoms with van der Waals surface area (Å²) in [7, 11) is 0. The van der Waals surface area contributed by atoms with E-state index in [4.69, 9.17) is 0 Å². The Labute approximate surface area is 138 Å². The minimum atomic E-state index is -0.0741. The van der Waals surface area contributed by atoms with Crippen LogP contribution in [0.2, 0.25) is 0 Å². The van der Waals surface area contributed by atoms with Crippen molar-refractivity contribution in [1.29, 1.82) is 0 Å². The molecule has 0 saturated carbocycles. The summed E-state index contributed by atoms with van der Waals surface area (Å²) in [6.45, 7) is 6.77. The van der Waals surface area contributed by atoms with E-state index in [1.165, 1.54) is 11.6 Å². The summed E-state index contributed by atoms with van der Waals surface area (Å²) in [5.74, 6) is 0.458. The Morgan fingerprint density at radius 3 is 2.52 bits per heavy atom. The van der Waals surface area contributed by atoms with Crippen LogP contribution in [0.3, 0.4) is 0 Å². The number of Topliss-reactive ketones (excluding diaryl/α,β-unsaturated/α-hetero) is 1. The SMILES string of the molecule is CC(=O)C1CCN(C/C=C(\C)CCc2ccc(O)c(O)c2)CC1. The minimum absolute atomic E-state index is 0.0579. The number of aryl methyl sites for hydroxylation is 1. The van der Waals surface area contributed by atoms with Crippen molar-refractivity contribution in [1.82, 2.24) is 4.90 Å². The molecule has 0 atom stereocenters. The number of rotatable bonds is 6. The van der Waals surface area contributed by atoms with Gasteiger partial charge in [0.1, 0.15) is 5.78 Å². The van der Waals surface area contributed by atoms with Crippen molar-refractivity contribution in [3.8, 4) is 11.5 Å². The highest BCUT2D eigenvalue weighted by Gasteiger charge is 2.21. The van der Waals surface area contributed by atoms with Gasteiger partial charge in [-0.25, -0.2) is 0 Å². The maximum absolute atomic E-state index is 11.4. The number of phenolic OH excluding ortho intramolecular Hbond substituents is 2. The van der Waals surface area contributed by atoms with E-state index in [1.54, 1.807) is 13.0 Å². The number of allylic oxidation sites excluding steroid dienone is 1. The van der Waals surface area contributed by atoms with Crippen molar-refractivity contribution >= 4 is 5.78 Å². The van der Waals surface area contributed by atoms with E-state index in [-0.39, 0.29) is 17.4 Å². The van der Waals surface area contributed by atoms with E-state index < -0.39 is 0 Å². The van der Waals surface area contributed by atoms with Gasteiger partial charge in [0.15, 0.2) is 11.5 Å². The molecule has 4 heteroatoms. The average Bonchev–Trinajstić information content (AvgIpc) is 2.54. The first-order valence-corrected chi connectivity index (χ1v) is 8.35. The Kier molecular flexibility index (Phi) is 6.22. The number of piperidine rings is 1. The first-order valence-electron chi connectivity index (χ1n) is 8.35. The van der Waals surface area contributed by atoms with Gasteiger partial charge in [-0.15, -0.1) is 0 Å². The zero-order valence-electron chi connectivity index (χ0n) is 14.1. The second kappa shape index (κ2) is 8.16. The largest absolute Gasteiger partial charge is 0.504 e. The predicted molar refractivity (Wildman–Crippen MR) is 91.7 cm³/mol. The van der Waals surface area contributed by atoms with Gasteiger partial charge in [-0.05, 0) is 70.3 Å². The zero-order chi connectivity index (χ0) is 16.8. The van der Waals surface area contributed by atoms with Crippen LogP contribution in [-0.2, 0) is 11.2 Å². The number of hydrogen-bond donors (Lipinski definition) is 2. The van der Waals surface area contributed by atoms with Crippen LogP contribution in [0.5, 0.6) is 11.5 Å². The Hall–Kier alpha value is -1.81. The van der Waals surface area contributed by atoms with E-state index >= 15 is 0 Å². The first-order chi connectivity index (χ1) is 11.0. The lowest BCUT2D eigenvalue weighted by atomic mass is 9.93. The number of hydrogen-bond acceptors (Lipinski definition) is 4. The molecular formula is C19H27NO3. The van der Waals surface area contributed by atoms with Gasteiger partial charge in [0.05, 0.1) is 0 Å². The van der Waals surface area contributed by atoms with Crippen LogP contribution in [0.25, 0.3) is 0 Å². The topological polar surface area (TPSA) is 60.8 Å². The molecule has 1 aliphatic rings. The molecule has 0 aromatic heterocycles. The second-order valence-corrected chi connectivity index (χ2v) is 6.56. The molecule has 0 radical (unpaired) electrons. The summed E-state index contributed by atoms with van der Waals surface area (Å²) in [6, 6.07) is 4.99. The number of likely N-dealkylation sites (tertiary alicyclic amines) is 1. The lowest BCUT2D eigenvalue weighted by Gasteiger charge is -2.30. The smallest absolute Gasteiger partial charge is 0.157 e. The summed E-state index contributed by atoms with van der Waals surface area (Å²) >= 11 is 0. The summed E-state index contributed by atoms with van der Waals surface area (Å²) in [5.41, 5.74) is 2.35. The summed E-state index contributed by atoms with van der Waals surface area (Å²) in [4.78, 5) is 13.8. The van der Waals surface area contributed by atoms with Crippen molar-refractivity contribution in [3.63, 3.8) is 0 Å². The third-order valence-corrected chi connectivity index (χ3v) is 4.71. The monoisotopic (exact) mass is 317 g/mol. The molecule has 1 heterocycles. The van der Waals surface area contributed by atoms with Crippen LogP contribution < -0.4 is 0 Å². The highest BCUT2D eigenvalue weighted by atomic mass is 16.3. The quantitative estimate of drug-likeness (QED) is 0.624. The molecule has 23 heavy (non-hydrogen) atoms. The van der Waals surface area contributed by atoms with E-state index in [1.807, 2.05) is 6.07 Å². The molecule has 0 amide bonds. The fraction of sp³-hybridized carbons (Fsp3) is 0.526. The fourth-order valence-corrected chi connectivity index (χ4v) is 2.98. The van der Waals surface area contributed by atoms with Crippen LogP contribution in [0.4, 0.5) is 0 Å². The van der Waals surface area contributed by atoms with Crippen LogP contribution in [0.15, 0.2) is 29.8 Å². The van der Waals surface area contributed by atoms with Gasteiger partial charge < -0.3 is 10.2 Å². The fourth-order valence-electron chi connectivity index (χ4n) is 2.98. The Morgan fingerprint density at radius 1 is 1.22 bits per heavy atom. The Bertz CT molecular complexity index is 572. The molecular weight excluding hydrogens is 290 g/mol. The number of phenols is 2. The number of ketones is 1. The molecule has 4 nitrogen and oxygen atoms in total. The molecule has 2 rings (SSSR count). The molecule has 1 aromatic carbocycles. The van der Waals surface area contributed by atoms with E-state index in [0.717, 1.165) is 50.9 Å². The van der Waals surface area contributed by atoms with Gasteiger partial charge in [0.25, 0.3) is 0 Å². The lowest BCUT2D eigenvalue weighted by Crippen LogP contribution is -2.35.